The second-order valence-electron chi connectivity index (χ2n) is 5.69. The summed E-state index contributed by atoms with van der Waals surface area (Å²) in [6.07, 6.45) is 5.01. The lowest BCUT2D eigenvalue weighted by atomic mass is 10.00. The molecule has 3 aromatic rings. The summed E-state index contributed by atoms with van der Waals surface area (Å²) < 4.78 is 12.3. The molecule has 0 unspecified atom stereocenters. The van der Waals surface area contributed by atoms with Crippen molar-refractivity contribution < 1.29 is 14.3 Å². The van der Waals surface area contributed by atoms with Gasteiger partial charge in [-0.1, -0.05) is 0 Å². The first-order chi connectivity index (χ1) is 12.2. The third-order valence-electron chi connectivity index (χ3n) is 4.27. The Morgan fingerprint density at radius 3 is 2.88 bits per heavy atom. The number of carbonyl (C=O) groups is 1. The molecule has 0 atom stereocenters. The maximum atomic E-state index is 13.0. The van der Waals surface area contributed by atoms with Crippen LogP contribution in [0.15, 0.2) is 30.6 Å². The fourth-order valence-corrected chi connectivity index (χ4v) is 3.09. The van der Waals surface area contributed by atoms with Crippen LogP contribution in [-0.4, -0.2) is 46.3 Å². The number of methoxy groups -OCH3 is 2. The average molecular weight is 339 g/mol. The summed E-state index contributed by atoms with van der Waals surface area (Å²) in [6, 6.07) is 5.42. The van der Waals surface area contributed by atoms with E-state index in [0.29, 0.717) is 18.1 Å². The molecule has 1 aromatic carbocycles. The first-order valence-corrected chi connectivity index (χ1v) is 7.95. The number of anilines is 1. The Morgan fingerprint density at radius 2 is 2.12 bits per heavy atom. The molecule has 25 heavy (non-hydrogen) atoms. The van der Waals surface area contributed by atoms with Crippen molar-refractivity contribution in [1.29, 1.82) is 0 Å². The van der Waals surface area contributed by atoms with Crippen LogP contribution in [0.3, 0.4) is 0 Å². The van der Waals surface area contributed by atoms with Crippen molar-refractivity contribution in [3.05, 3.63) is 42.0 Å². The highest BCUT2D eigenvalue weighted by molar-refractivity contribution is 6.04. The normalized spacial score (nSPS) is 13.6. The van der Waals surface area contributed by atoms with Crippen LogP contribution in [0.1, 0.15) is 22.6 Å². The Hall–Kier alpha value is -3.16. The summed E-state index contributed by atoms with van der Waals surface area (Å²) in [5.74, 6) is 1.61. The first kappa shape index (κ1) is 15.4. The number of ether oxygens (including phenoxy) is 2. The van der Waals surface area contributed by atoms with Gasteiger partial charge in [-0.15, -0.1) is 5.10 Å². The maximum Gasteiger partial charge on any atom is 0.298 e. The molecule has 8 nitrogen and oxygen atoms in total. The van der Waals surface area contributed by atoms with Crippen molar-refractivity contribution in [2.24, 2.45) is 0 Å². The number of fused-ring (bicyclic) bond motifs is 2. The van der Waals surface area contributed by atoms with E-state index in [2.05, 4.69) is 15.1 Å². The molecule has 1 amide bonds. The van der Waals surface area contributed by atoms with Crippen LogP contribution >= 0.6 is 0 Å². The van der Waals surface area contributed by atoms with Gasteiger partial charge in [-0.3, -0.25) is 4.79 Å². The molecule has 0 fully saturated rings. The summed E-state index contributed by atoms with van der Waals surface area (Å²) in [7, 11) is 3.21. The number of nitrogens with zero attached hydrogens (tertiary/aromatic N) is 5. The number of hydrogen-bond acceptors (Lipinski definition) is 6. The van der Waals surface area contributed by atoms with Crippen molar-refractivity contribution in [1.82, 2.24) is 19.6 Å². The van der Waals surface area contributed by atoms with Gasteiger partial charge >= 0.3 is 0 Å². The zero-order valence-corrected chi connectivity index (χ0v) is 14.0. The van der Waals surface area contributed by atoms with E-state index in [0.717, 1.165) is 29.8 Å². The van der Waals surface area contributed by atoms with Gasteiger partial charge in [-0.05, 0) is 18.9 Å². The van der Waals surface area contributed by atoms with Crippen LogP contribution in [0.4, 0.5) is 5.69 Å². The molecule has 2 aromatic heterocycles. The van der Waals surface area contributed by atoms with Gasteiger partial charge in [0, 0.05) is 36.6 Å². The second-order valence-corrected chi connectivity index (χ2v) is 5.69. The van der Waals surface area contributed by atoms with Gasteiger partial charge in [-0.2, -0.15) is 4.98 Å². The number of hydrogen-bond donors (Lipinski definition) is 0. The third kappa shape index (κ3) is 2.55. The summed E-state index contributed by atoms with van der Waals surface area (Å²) in [5.41, 5.74) is 1.77. The van der Waals surface area contributed by atoms with Crippen molar-refractivity contribution >= 4 is 17.4 Å². The van der Waals surface area contributed by atoms with Crippen LogP contribution in [0.2, 0.25) is 0 Å². The fourth-order valence-electron chi connectivity index (χ4n) is 3.09. The lowest BCUT2D eigenvalue weighted by Gasteiger charge is -2.30. The van der Waals surface area contributed by atoms with E-state index in [9.17, 15) is 4.79 Å². The predicted molar refractivity (Wildman–Crippen MR) is 90.3 cm³/mol. The summed E-state index contributed by atoms with van der Waals surface area (Å²) >= 11 is 0. The van der Waals surface area contributed by atoms with Crippen molar-refractivity contribution in [2.75, 3.05) is 25.7 Å². The molecule has 0 saturated heterocycles. The number of rotatable bonds is 3. The minimum absolute atomic E-state index is 0.119. The van der Waals surface area contributed by atoms with Crippen LogP contribution in [0.5, 0.6) is 11.5 Å². The SMILES string of the molecule is COc1cc(OC)c2c(c1)N(C(=O)c1nc3ncccn3n1)CCC2. The smallest absolute Gasteiger partial charge is 0.298 e. The van der Waals surface area contributed by atoms with Gasteiger partial charge in [0.05, 0.1) is 19.9 Å². The van der Waals surface area contributed by atoms with E-state index in [1.54, 1.807) is 37.6 Å². The maximum absolute atomic E-state index is 13.0. The Kier molecular flexibility index (Phi) is 3.72. The Labute approximate surface area is 144 Å². The summed E-state index contributed by atoms with van der Waals surface area (Å²) in [6.45, 7) is 0.588. The fraction of sp³-hybridized carbons (Fsp3) is 0.294. The highest BCUT2D eigenvalue weighted by Gasteiger charge is 2.29. The van der Waals surface area contributed by atoms with Gasteiger partial charge in [0.1, 0.15) is 11.5 Å². The second kappa shape index (κ2) is 6.04. The van der Waals surface area contributed by atoms with Crippen LogP contribution in [0, 0.1) is 0 Å². The molecule has 8 heteroatoms. The van der Waals surface area contributed by atoms with Crippen molar-refractivity contribution in [3.63, 3.8) is 0 Å². The van der Waals surface area contributed by atoms with Gasteiger partial charge in [0.25, 0.3) is 11.7 Å². The van der Waals surface area contributed by atoms with Crippen molar-refractivity contribution in [2.45, 2.75) is 12.8 Å². The Balaban J connectivity index is 1.78. The standard InChI is InChI=1S/C17H17N5O3/c1-24-11-9-13-12(14(10-11)25-2)5-3-7-21(13)16(23)15-19-17-18-6-4-8-22(17)20-15/h4,6,8-10H,3,5,7H2,1-2H3. The van der Waals surface area contributed by atoms with Gasteiger partial charge in [-0.25, -0.2) is 9.50 Å². The van der Waals surface area contributed by atoms with Crippen LogP contribution in [-0.2, 0) is 6.42 Å². The molecule has 128 valence electrons. The third-order valence-corrected chi connectivity index (χ3v) is 4.27. The van der Waals surface area contributed by atoms with E-state index in [4.69, 9.17) is 9.47 Å². The number of benzene rings is 1. The average Bonchev–Trinajstić information content (AvgIpc) is 3.10. The molecule has 0 bridgehead atoms. The molecule has 0 spiro atoms. The predicted octanol–water partition coefficient (Wildman–Crippen LogP) is 1.73. The van der Waals surface area contributed by atoms with Crippen LogP contribution < -0.4 is 14.4 Å². The lowest BCUT2D eigenvalue weighted by Crippen LogP contribution is -2.36. The minimum Gasteiger partial charge on any atom is -0.497 e. The number of amides is 1. The number of aromatic nitrogens is 4. The largest absolute Gasteiger partial charge is 0.497 e. The first-order valence-electron chi connectivity index (χ1n) is 7.95. The summed E-state index contributed by atoms with van der Waals surface area (Å²) in [4.78, 5) is 23.0. The number of carbonyl (C=O) groups excluding carboxylic acids is 1. The van der Waals surface area contributed by atoms with Gasteiger partial charge < -0.3 is 14.4 Å². The van der Waals surface area contributed by atoms with E-state index in [1.807, 2.05) is 12.1 Å². The zero-order chi connectivity index (χ0) is 17.4. The highest BCUT2D eigenvalue weighted by atomic mass is 16.5. The monoisotopic (exact) mass is 339 g/mol. The molecule has 0 aliphatic carbocycles. The molecule has 3 heterocycles. The van der Waals surface area contributed by atoms with E-state index in [1.165, 1.54) is 4.52 Å². The molecule has 4 rings (SSSR count). The van der Waals surface area contributed by atoms with E-state index < -0.39 is 0 Å². The summed E-state index contributed by atoms with van der Waals surface area (Å²) in [5, 5.41) is 4.24. The van der Waals surface area contributed by atoms with Crippen LogP contribution in [0.25, 0.3) is 5.78 Å². The molecule has 1 aliphatic heterocycles. The molecule has 1 aliphatic rings. The molecule has 0 radical (unpaired) electrons. The Morgan fingerprint density at radius 1 is 1.24 bits per heavy atom. The van der Waals surface area contributed by atoms with Crippen molar-refractivity contribution in [3.8, 4) is 11.5 Å². The lowest BCUT2D eigenvalue weighted by molar-refractivity contribution is 0.0975. The molecular formula is C17H17N5O3. The highest BCUT2D eigenvalue weighted by Crippen LogP contribution is 2.38. The minimum atomic E-state index is -0.262. The van der Waals surface area contributed by atoms with E-state index >= 15 is 0 Å². The topological polar surface area (TPSA) is 81.9 Å². The molecule has 0 saturated carbocycles. The molecule has 0 N–H and O–H groups in total. The zero-order valence-electron chi connectivity index (χ0n) is 14.0. The Bertz CT molecular complexity index is 920. The van der Waals surface area contributed by atoms with E-state index in [-0.39, 0.29) is 11.7 Å². The molecular weight excluding hydrogens is 322 g/mol. The van der Waals surface area contributed by atoms with Gasteiger partial charge in [0.2, 0.25) is 5.82 Å². The van der Waals surface area contributed by atoms with Gasteiger partial charge in [0.15, 0.2) is 0 Å². The quantitative estimate of drug-likeness (QED) is 0.723.